The molecule has 2 amide bonds. The molecule has 0 fully saturated rings. The third kappa shape index (κ3) is 9.81. The van der Waals surface area contributed by atoms with Crippen molar-refractivity contribution in [3.8, 4) is 0 Å². The molecule has 0 rings (SSSR count). The van der Waals surface area contributed by atoms with Crippen molar-refractivity contribution in [3.63, 3.8) is 0 Å². The van der Waals surface area contributed by atoms with Crippen LogP contribution in [0.2, 0.25) is 0 Å². The Morgan fingerprint density at radius 1 is 1.12 bits per heavy atom. The van der Waals surface area contributed by atoms with Gasteiger partial charge in [0.05, 0.1) is 13.1 Å². The molecule has 0 aliphatic carbocycles. The van der Waals surface area contributed by atoms with Gasteiger partial charge in [-0.1, -0.05) is 6.92 Å². The van der Waals surface area contributed by atoms with Crippen LogP contribution in [0.5, 0.6) is 0 Å². The lowest BCUT2D eigenvalue weighted by molar-refractivity contribution is -0.126. The van der Waals surface area contributed by atoms with Gasteiger partial charge in [0.1, 0.15) is 0 Å². The Balaban J connectivity index is 3.74. The van der Waals surface area contributed by atoms with E-state index in [9.17, 15) is 9.59 Å². The zero-order valence-corrected chi connectivity index (χ0v) is 11.5. The quantitative estimate of drug-likeness (QED) is 0.632. The van der Waals surface area contributed by atoms with Crippen LogP contribution in [0.1, 0.15) is 41.0 Å². The van der Waals surface area contributed by atoms with Crippen LogP contribution < -0.4 is 16.0 Å². The van der Waals surface area contributed by atoms with Crippen LogP contribution in [-0.4, -0.2) is 36.5 Å². The van der Waals surface area contributed by atoms with Crippen LogP contribution in [0.3, 0.4) is 0 Å². The first kappa shape index (κ1) is 15.9. The predicted octanol–water partition coefficient (Wildman–Crippen LogP) is 0.405. The molecule has 0 aromatic heterocycles. The van der Waals surface area contributed by atoms with E-state index >= 15 is 0 Å². The smallest absolute Gasteiger partial charge is 0.239 e. The fourth-order valence-corrected chi connectivity index (χ4v) is 1.12. The highest BCUT2D eigenvalue weighted by Gasteiger charge is 2.14. The maximum atomic E-state index is 11.4. The fraction of sp³-hybridized carbons (Fsp3) is 0.833. The first-order valence-corrected chi connectivity index (χ1v) is 6.05. The number of hydrogen-bond acceptors (Lipinski definition) is 3. The van der Waals surface area contributed by atoms with Crippen LogP contribution in [-0.2, 0) is 9.59 Å². The third-order valence-electron chi connectivity index (χ3n) is 2.18. The topological polar surface area (TPSA) is 70.2 Å². The Labute approximate surface area is 104 Å². The third-order valence-corrected chi connectivity index (χ3v) is 2.18. The van der Waals surface area contributed by atoms with Gasteiger partial charge in [0.15, 0.2) is 0 Å². The molecule has 100 valence electrons. The molecule has 5 heteroatoms. The SMILES string of the molecule is CCC(C)NCC(=O)NCC(=O)NC(C)(C)C. The summed E-state index contributed by atoms with van der Waals surface area (Å²) >= 11 is 0. The largest absolute Gasteiger partial charge is 0.350 e. The molecular weight excluding hydrogens is 218 g/mol. The Bertz CT molecular complexity index is 259. The van der Waals surface area contributed by atoms with E-state index in [4.69, 9.17) is 0 Å². The minimum atomic E-state index is -0.267. The second-order valence-corrected chi connectivity index (χ2v) is 5.27. The Morgan fingerprint density at radius 2 is 1.71 bits per heavy atom. The summed E-state index contributed by atoms with van der Waals surface area (Å²) in [5.41, 5.74) is -0.267. The van der Waals surface area contributed by atoms with Gasteiger partial charge in [-0.2, -0.15) is 0 Å². The van der Waals surface area contributed by atoms with Crippen LogP contribution in [0.4, 0.5) is 0 Å². The van der Waals surface area contributed by atoms with Crippen molar-refractivity contribution in [2.75, 3.05) is 13.1 Å². The number of hydrogen-bond donors (Lipinski definition) is 3. The van der Waals surface area contributed by atoms with Crippen molar-refractivity contribution in [2.45, 2.75) is 52.6 Å². The molecule has 0 heterocycles. The molecule has 0 spiro atoms. The van der Waals surface area contributed by atoms with Crippen molar-refractivity contribution in [1.29, 1.82) is 0 Å². The summed E-state index contributed by atoms with van der Waals surface area (Å²) in [6.45, 7) is 10.0. The molecule has 0 aromatic rings. The average molecular weight is 243 g/mol. The highest BCUT2D eigenvalue weighted by atomic mass is 16.2. The van der Waals surface area contributed by atoms with Crippen LogP contribution in [0.25, 0.3) is 0 Å². The number of nitrogens with one attached hydrogen (secondary N) is 3. The van der Waals surface area contributed by atoms with Crippen molar-refractivity contribution in [2.24, 2.45) is 0 Å². The number of carbonyl (C=O) groups excluding carboxylic acids is 2. The van der Waals surface area contributed by atoms with E-state index in [1.165, 1.54) is 0 Å². The summed E-state index contributed by atoms with van der Waals surface area (Å²) < 4.78 is 0. The second kappa shape index (κ2) is 7.27. The van der Waals surface area contributed by atoms with Gasteiger partial charge in [0.25, 0.3) is 0 Å². The number of amides is 2. The molecule has 5 nitrogen and oxygen atoms in total. The van der Waals surface area contributed by atoms with Gasteiger partial charge in [-0.3, -0.25) is 9.59 Å². The van der Waals surface area contributed by atoms with Crippen molar-refractivity contribution in [3.05, 3.63) is 0 Å². The maximum absolute atomic E-state index is 11.4. The van der Waals surface area contributed by atoms with E-state index in [0.29, 0.717) is 6.04 Å². The van der Waals surface area contributed by atoms with E-state index < -0.39 is 0 Å². The summed E-state index contributed by atoms with van der Waals surface area (Å²) in [5, 5.41) is 8.41. The molecule has 0 saturated heterocycles. The van der Waals surface area contributed by atoms with Gasteiger partial charge in [-0.15, -0.1) is 0 Å². The average Bonchev–Trinajstić information content (AvgIpc) is 2.20. The van der Waals surface area contributed by atoms with E-state index in [0.717, 1.165) is 6.42 Å². The summed E-state index contributed by atoms with van der Waals surface area (Å²) in [4.78, 5) is 22.8. The molecule has 0 saturated carbocycles. The fourth-order valence-electron chi connectivity index (χ4n) is 1.12. The van der Waals surface area contributed by atoms with Gasteiger partial charge in [0, 0.05) is 11.6 Å². The number of rotatable bonds is 6. The minimum absolute atomic E-state index is 0.0261. The van der Waals surface area contributed by atoms with Crippen molar-refractivity contribution in [1.82, 2.24) is 16.0 Å². The lowest BCUT2D eigenvalue weighted by Gasteiger charge is -2.20. The van der Waals surface area contributed by atoms with Crippen LogP contribution in [0.15, 0.2) is 0 Å². The Hall–Kier alpha value is -1.10. The van der Waals surface area contributed by atoms with Gasteiger partial charge < -0.3 is 16.0 Å². The molecule has 3 N–H and O–H groups in total. The Morgan fingerprint density at radius 3 is 2.18 bits per heavy atom. The van der Waals surface area contributed by atoms with Crippen molar-refractivity contribution >= 4 is 11.8 Å². The maximum Gasteiger partial charge on any atom is 0.239 e. The summed E-state index contributed by atoms with van der Waals surface area (Å²) in [6, 6.07) is 0.309. The molecule has 1 atom stereocenters. The minimum Gasteiger partial charge on any atom is -0.350 e. The van der Waals surface area contributed by atoms with E-state index in [1.54, 1.807) is 0 Å². The standard InChI is InChI=1S/C12H25N3O2/c1-6-9(2)13-7-10(16)14-8-11(17)15-12(3,4)5/h9,13H,6-8H2,1-5H3,(H,14,16)(H,15,17). The number of carbonyl (C=O) groups is 2. The van der Waals surface area contributed by atoms with E-state index in [-0.39, 0.29) is 30.4 Å². The molecule has 0 aliphatic heterocycles. The van der Waals surface area contributed by atoms with Crippen LogP contribution >= 0.6 is 0 Å². The molecule has 0 bridgehead atoms. The Kier molecular flexibility index (Phi) is 6.80. The lowest BCUT2D eigenvalue weighted by atomic mass is 10.1. The molecule has 0 aromatic carbocycles. The monoisotopic (exact) mass is 243 g/mol. The summed E-state index contributed by atoms with van der Waals surface area (Å²) in [5.74, 6) is -0.330. The highest BCUT2D eigenvalue weighted by Crippen LogP contribution is 1.96. The van der Waals surface area contributed by atoms with Crippen molar-refractivity contribution < 1.29 is 9.59 Å². The van der Waals surface area contributed by atoms with Gasteiger partial charge in [0.2, 0.25) is 11.8 Å². The summed E-state index contributed by atoms with van der Waals surface area (Å²) in [6.07, 6.45) is 0.970. The zero-order valence-electron chi connectivity index (χ0n) is 11.5. The van der Waals surface area contributed by atoms with Gasteiger partial charge in [-0.05, 0) is 34.1 Å². The molecule has 0 aliphatic rings. The molecule has 0 radical (unpaired) electrons. The lowest BCUT2D eigenvalue weighted by Crippen LogP contribution is -2.47. The first-order chi connectivity index (χ1) is 7.74. The normalized spacial score (nSPS) is 13.0. The summed E-state index contributed by atoms with van der Waals surface area (Å²) in [7, 11) is 0. The van der Waals surface area contributed by atoms with Crippen LogP contribution in [0, 0.1) is 0 Å². The second-order valence-electron chi connectivity index (χ2n) is 5.27. The molecule has 17 heavy (non-hydrogen) atoms. The first-order valence-electron chi connectivity index (χ1n) is 6.05. The molecular formula is C12H25N3O2. The highest BCUT2D eigenvalue weighted by molar-refractivity contribution is 5.85. The predicted molar refractivity (Wildman–Crippen MR) is 68.7 cm³/mol. The van der Waals surface area contributed by atoms with Gasteiger partial charge in [-0.25, -0.2) is 0 Å². The van der Waals surface area contributed by atoms with E-state index in [2.05, 4.69) is 16.0 Å². The van der Waals surface area contributed by atoms with Gasteiger partial charge >= 0.3 is 0 Å². The van der Waals surface area contributed by atoms with E-state index in [1.807, 2.05) is 34.6 Å². The zero-order chi connectivity index (χ0) is 13.5. The molecule has 1 unspecified atom stereocenters.